The van der Waals surface area contributed by atoms with Gasteiger partial charge in [-0.3, -0.25) is 0 Å². The van der Waals surface area contributed by atoms with Crippen LogP contribution in [-0.4, -0.2) is 12.2 Å². The fourth-order valence-corrected chi connectivity index (χ4v) is 1.34. The molecule has 0 saturated heterocycles. The van der Waals surface area contributed by atoms with Gasteiger partial charge in [-0.2, -0.15) is 0 Å². The molecular weight excluding hydrogens is 146 g/mol. The van der Waals surface area contributed by atoms with Crippen LogP contribution in [0.3, 0.4) is 0 Å². The minimum atomic E-state index is 0.891. The van der Waals surface area contributed by atoms with E-state index in [0.29, 0.717) is 0 Å². The average molecular weight is 151 g/mol. The van der Waals surface area contributed by atoms with Crippen LogP contribution in [0.25, 0.3) is 0 Å². The second kappa shape index (κ2) is 2.30. The van der Waals surface area contributed by atoms with Crippen molar-refractivity contribution in [1.82, 2.24) is 5.32 Å². The van der Waals surface area contributed by atoms with Gasteiger partial charge in [-0.1, -0.05) is 11.8 Å². The second-order valence-corrected chi connectivity index (χ2v) is 2.74. The lowest BCUT2D eigenvalue weighted by atomic mass is 10.5. The van der Waals surface area contributed by atoms with E-state index in [1.54, 1.807) is 30.5 Å². The molecule has 50 valence electrons. The fraction of sp³-hybridized carbons (Fsp3) is 0. The van der Waals surface area contributed by atoms with E-state index in [1.807, 2.05) is 5.41 Å². The third-order valence-corrected chi connectivity index (χ3v) is 1.97. The van der Waals surface area contributed by atoms with Crippen LogP contribution in [0.5, 0.6) is 0 Å². The quantitative estimate of drug-likeness (QED) is 0.562. The first-order valence-corrected chi connectivity index (χ1v) is 3.73. The zero-order valence-corrected chi connectivity index (χ0v) is 5.93. The SMILES string of the molecule is C1=CSC2=CN=CNC2=N1. The first kappa shape index (κ1) is 5.73. The monoisotopic (exact) mass is 151 g/mol. The van der Waals surface area contributed by atoms with Crippen molar-refractivity contribution in [3.63, 3.8) is 0 Å². The van der Waals surface area contributed by atoms with Crippen LogP contribution >= 0.6 is 11.8 Å². The van der Waals surface area contributed by atoms with Crippen LogP contribution in [-0.2, 0) is 0 Å². The smallest absolute Gasteiger partial charge is 0.146 e. The Morgan fingerprint density at radius 1 is 1.50 bits per heavy atom. The minimum absolute atomic E-state index is 0.891. The van der Waals surface area contributed by atoms with E-state index in [-0.39, 0.29) is 0 Å². The molecule has 0 bridgehead atoms. The molecule has 10 heavy (non-hydrogen) atoms. The lowest BCUT2D eigenvalue weighted by molar-refractivity contribution is 1.31. The average Bonchev–Trinajstić information content (AvgIpc) is 2.05. The zero-order chi connectivity index (χ0) is 6.81. The van der Waals surface area contributed by atoms with Crippen LogP contribution in [0.1, 0.15) is 0 Å². The summed E-state index contributed by atoms with van der Waals surface area (Å²) in [4.78, 5) is 9.10. The molecule has 0 radical (unpaired) electrons. The minimum Gasteiger partial charge on any atom is -0.330 e. The predicted octanol–water partition coefficient (Wildman–Crippen LogP) is 1.08. The molecule has 0 fully saturated rings. The van der Waals surface area contributed by atoms with E-state index < -0.39 is 0 Å². The summed E-state index contributed by atoms with van der Waals surface area (Å²) in [6.45, 7) is 0. The van der Waals surface area contributed by atoms with Crippen LogP contribution in [0.4, 0.5) is 0 Å². The molecule has 2 aliphatic heterocycles. The Balaban J connectivity index is 2.38. The van der Waals surface area contributed by atoms with Crippen molar-refractivity contribution in [2.45, 2.75) is 0 Å². The first-order valence-electron chi connectivity index (χ1n) is 2.85. The summed E-state index contributed by atoms with van der Waals surface area (Å²) in [5.41, 5.74) is 0. The largest absolute Gasteiger partial charge is 0.330 e. The number of hydrogen-bond donors (Lipinski definition) is 1. The van der Waals surface area contributed by atoms with Gasteiger partial charge in [-0.25, -0.2) is 9.98 Å². The Morgan fingerprint density at radius 3 is 3.40 bits per heavy atom. The van der Waals surface area contributed by atoms with Gasteiger partial charge in [0.05, 0.1) is 11.2 Å². The van der Waals surface area contributed by atoms with Crippen LogP contribution in [0.15, 0.2) is 32.7 Å². The van der Waals surface area contributed by atoms with Crippen molar-refractivity contribution < 1.29 is 0 Å². The Bertz CT molecular complexity index is 234. The molecule has 1 N–H and O–H groups in total. The lowest BCUT2D eigenvalue weighted by Gasteiger charge is -2.12. The number of rotatable bonds is 0. The summed E-state index contributed by atoms with van der Waals surface area (Å²) < 4.78 is 0. The third-order valence-electron chi connectivity index (χ3n) is 1.16. The Morgan fingerprint density at radius 2 is 2.50 bits per heavy atom. The number of hydrogen-bond acceptors (Lipinski definition) is 4. The molecule has 0 unspecified atom stereocenters. The van der Waals surface area contributed by atoms with Gasteiger partial charge in [0, 0.05) is 12.4 Å². The number of nitrogens with zero attached hydrogens (tertiary/aromatic N) is 2. The Kier molecular flexibility index (Phi) is 1.32. The van der Waals surface area contributed by atoms with E-state index in [1.165, 1.54) is 0 Å². The molecular formula is C6H5N3S. The molecule has 2 aliphatic rings. The van der Waals surface area contributed by atoms with Gasteiger partial charge in [0.25, 0.3) is 0 Å². The number of nitrogens with one attached hydrogen (secondary N) is 1. The van der Waals surface area contributed by atoms with Crippen molar-refractivity contribution in [3.8, 4) is 0 Å². The van der Waals surface area contributed by atoms with E-state index >= 15 is 0 Å². The summed E-state index contributed by atoms with van der Waals surface area (Å²) in [6, 6.07) is 0. The van der Waals surface area contributed by atoms with Crippen molar-refractivity contribution in [1.29, 1.82) is 0 Å². The maximum Gasteiger partial charge on any atom is 0.146 e. The zero-order valence-electron chi connectivity index (χ0n) is 5.11. The third kappa shape index (κ3) is 0.863. The van der Waals surface area contributed by atoms with Gasteiger partial charge in [0.15, 0.2) is 0 Å². The van der Waals surface area contributed by atoms with Crippen molar-refractivity contribution in [3.05, 3.63) is 22.7 Å². The van der Waals surface area contributed by atoms with E-state index in [2.05, 4.69) is 15.3 Å². The first-order chi connectivity index (χ1) is 4.97. The van der Waals surface area contributed by atoms with Crippen molar-refractivity contribution in [2.24, 2.45) is 9.98 Å². The van der Waals surface area contributed by atoms with Gasteiger partial charge >= 0.3 is 0 Å². The molecule has 2 heterocycles. The molecule has 4 heteroatoms. The van der Waals surface area contributed by atoms with Crippen molar-refractivity contribution >= 4 is 23.9 Å². The summed E-state index contributed by atoms with van der Waals surface area (Å²) in [7, 11) is 0. The molecule has 0 amide bonds. The normalized spacial score (nSPS) is 20.8. The van der Waals surface area contributed by atoms with E-state index in [9.17, 15) is 0 Å². The maximum atomic E-state index is 4.10. The molecule has 2 rings (SSSR count). The van der Waals surface area contributed by atoms with Gasteiger partial charge < -0.3 is 5.32 Å². The molecule has 0 saturated carbocycles. The summed E-state index contributed by atoms with van der Waals surface area (Å²) in [5.74, 6) is 0.891. The molecule has 3 nitrogen and oxygen atoms in total. The standard InChI is InChI=1S/C6H5N3S/c1-2-10-5-3-7-4-9-6(5)8-1/h1-4H,(H,7,8,9). The van der Waals surface area contributed by atoms with E-state index in [4.69, 9.17) is 0 Å². The predicted molar refractivity (Wildman–Crippen MR) is 43.9 cm³/mol. The van der Waals surface area contributed by atoms with Crippen LogP contribution in [0, 0.1) is 0 Å². The Labute approximate surface area is 62.6 Å². The fourth-order valence-electron chi connectivity index (χ4n) is 0.731. The lowest BCUT2D eigenvalue weighted by Crippen LogP contribution is -2.25. The number of aliphatic imine (C=N–C) groups is 2. The van der Waals surface area contributed by atoms with E-state index in [0.717, 1.165) is 10.7 Å². The molecule has 0 spiro atoms. The highest BCUT2D eigenvalue weighted by Crippen LogP contribution is 2.22. The highest BCUT2D eigenvalue weighted by atomic mass is 32.2. The Hall–Kier alpha value is -1.03. The highest BCUT2D eigenvalue weighted by Gasteiger charge is 2.09. The molecule has 0 aliphatic carbocycles. The van der Waals surface area contributed by atoms with Gasteiger partial charge in [-0.15, -0.1) is 0 Å². The molecule has 0 atom stereocenters. The van der Waals surface area contributed by atoms with Gasteiger partial charge in [0.1, 0.15) is 5.84 Å². The van der Waals surface area contributed by atoms with Gasteiger partial charge in [-0.05, 0) is 5.41 Å². The highest BCUT2D eigenvalue weighted by molar-refractivity contribution is 8.06. The number of fused-ring (bicyclic) bond motifs is 1. The summed E-state index contributed by atoms with van der Waals surface area (Å²) >= 11 is 1.62. The van der Waals surface area contributed by atoms with Crippen LogP contribution in [0.2, 0.25) is 0 Å². The maximum absolute atomic E-state index is 4.10. The number of amidine groups is 1. The van der Waals surface area contributed by atoms with Gasteiger partial charge in [0.2, 0.25) is 0 Å². The van der Waals surface area contributed by atoms with Crippen molar-refractivity contribution in [2.75, 3.05) is 0 Å². The summed E-state index contributed by atoms with van der Waals surface area (Å²) in [6.07, 6.45) is 5.19. The molecule has 0 aromatic carbocycles. The number of thioether (sulfide) groups is 1. The molecule has 0 aromatic rings. The summed E-state index contributed by atoms with van der Waals surface area (Å²) in [5, 5.41) is 4.87. The second-order valence-electron chi connectivity index (χ2n) is 1.80. The topological polar surface area (TPSA) is 36.8 Å². The van der Waals surface area contributed by atoms with Crippen LogP contribution < -0.4 is 5.32 Å². The molecule has 0 aromatic heterocycles.